The van der Waals surface area contributed by atoms with Gasteiger partial charge in [-0.2, -0.15) is 17.0 Å². The van der Waals surface area contributed by atoms with E-state index in [4.69, 9.17) is 5.26 Å². The van der Waals surface area contributed by atoms with E-state index >= 15 is 0 Å². The molecular weight excluding hydrogens is 254 g/mol. The van der Waals surface area contributed by atoms with Crippen molar-refractivity contribution in [1.82, 2.24) is 0 Å². The van der Waals surface area contributed by atoms with E-state index in [2.05, 4.69) is 6.92 Å². The zero-order chi connectivity index (χ0) is 12.7. The summed E-state index contributed by atoms with van der Waals surface area (Å²) in [4.78, 5) is 0.300. The highest BCUT2D eigenvalue weighted by Crippen LogP contribution is 2.14. The minimum absolute atomic E-state index is 0.156. The van der Waals surface area contributed by atoms with Gasteiger partial charge in [0.2, 0.25) is 0 Å². The summed E-state index contributed by atoms with van der Waals surface area (Å²) in [6.07, 6.45) is 1.06. The molecule has 0 atom stereocenters. The fraction of sp³-hybridized carbons (Fsp3) is 0.417. The molecule has 0 aliphatic heterocycles. The van der Waals surface area contributed by atoms with E-state index in [1.807, 2.05) is 6.07 Å². The molecule has 0 heterocycles. The fourth-order valence-electron chi connectivity index (χ4n) is 1.27. The van der Waals surface area contributed by atoms with E-state index in [0.29, 0.717) is 16.2 Å². The van der Waals surface area contributed by atoms with Crippen molar-refractivity contribution in [2.45, 2.75) is 18.2 Å². The summed E-state index contributed by atoms with van der Waals surface area (Å²) in [6.45, 7) is 2.07. The number of nitrogens with zero attached hydrogens (tertiary/aromatic N) is 1. The third kappa shape index (κ3) is 4.41. The molecule has 0 saturated heterocycles. The first-order valence-corrected chi connectivity index (χ1v) is 8.21. The van der Waals surface area contributed by atoms with Crippen LogP contribution in [0.2, 0.25) is 0 Å². The van der Waals surface area contributed by atoms with Crippen molar-refractivity contribution in [2.75, 3.05) is 17.3 Å². The smallest absolute Gasteiger partial charge is 0.179 e. The SMILES string of the molecule is CCCSCCS(=O)(=O)c1ccc(C#N)cc1. The molecule has 0 unspecified atom stereocenters. The Kier molecular flexibility index (Phi) is 5.52. The lowest BCUT2D eigenvalue weighted by Crippen LogP contribution is -2.09. The maximum Gasteiger partial charge on any atom is 0.179 e. The molecule has 0 bridgehead atoms. The molecule has 1 aromatic carbocycles. The van der Waals surface area contributed by atoms with Crippen LogP contribution in [0.25, 0.3) is 0 Å². The van der Waals surface area contributed by atoms with Gasteiger partial charge in [-0.05, 0) is 36.4 Å². The quantitative estimate of drug-likeness (QED) is 0.744. The summed E-state index contributed by atoms with van der Waals surface area (Å²) in [7, 11) is -3.20. The van der Waals surface area contributed by atoms with Gasteiger partial charge in [0.05, 0.1) is 22.3 Å². The van der Waals surface area contributed by atoms with E-state index in [-0.39, 0.29) is 5.75 Å². The summed E-state index contributed by atoms with van der Waals surface area (Å²) in [5.41, 5.74) is 0.476. The summed E-state index contributed by atoms with van der Waals surface area (Å²) in [5, 5.41) is 8.63. The number of hydrogen-bond acceptors (Lipinski definition) is 4. The first-order valence-electron chi connectivity index (χ1n) is 5.41. The van der Waals surface area contributed by atoms with E-state index < -0.39 is 9.84 Å². The Bertz CT molecular complexity index is 486. The summed E-state index contributed by atoms with van der Waals surface area (Å²) in [5.74, 6) is 1.77. The van der Waals surface area contributed by atoms with Crippen molar-refractivity contribution in [3.8, 4) is 6.07 Å². The monoisotopic (exact) mass is 269 g/mol. The minimum Gasteiger partial charge on any atom is -0.224 e. The highest BCUT2D eigenvalue weighted by molar-refractivity contribution is 8.00. The van der Waals surface area contributed by atoms with Gasteiger partial charge in [0.25, 0.3) is 0 Å². The topological polar surface area (TPSA) is 57.9 Å². The Hall–Kier alpha value is -0.990. The molecule has 0 radical (unpaired) electrons. The molecule has 0 aromatic heterocycles. The summed E-state index contributed by atoms with van der Waals surface area (Å²) < 4.78 is 23.8. The molecule has 1 aromatic rings. The number of benzene rings is 1. The van der Waals surface area contributed by atoms with Gasteiger partial charge >= 0.3 is 0 Å². The number of sulfone groups is 1. The van der Waals surface area contributed by atoms with Gasteiger partial charge in [-0.15, -0.1) is 0 Å². The van der Waals surface area contributed by atoms with E-state index in [1.54, 1.807) is 11.8 Å². The number of rotatable bonds is 6. The van der Waals surface area contributed by atoms with Crippen LogP contribution in [0.15, 0.2) is 29.2 Å². The van der Waals surface area contributed by atoms with Crippen molar-refractivity contribution in [3.63, 3.8) is 0 Å². The maximum atomic E-state index is 11.9. The van der Waals surface area contributed by atoms with Crippen molar-refractivity contribution in [2.24, 2.45) is 0 Å². The largest absolute Gasteiger partial charge is 0.224 e. The summed E-state index contributed by atoms with van der Waals surface area (Å²) in [6, 6.07) is 8.03. The molecule has 0 N–H and O–H groups in total. The van der Waals surface area contributed by atoms with Gasteiger partial charge in [0.1, 0.15) is 0 Å². The highest BCUT2D eigenvalue weighted by atomic mass is 32.2. The van der Waals surface area contributed by atoms with Crippen molar-refractivity contribution in [1.29, 1.82) is 5.26 Å². The predicted molar refractivity (Wildman–Crippen MR) is 70.8 cm³/mol. The third-order valence-electron chi connectivity index (χ3n) is 2.19. The van der Waals surface area contributed by atoms with Crippen LogP contribution in [-0.4, -0.2) is 25.7 Å². The molecule has 0 saturated carbocycles. The molecule has 0 aliphatic rings. The van der Waals surface area contributed by atoms with Gasteiger partial charge in [-0.1, -0.05) is 6.92 Å². The van der Waals surface area contributed by atoms with E-state index in [0.717, 1.165) is 12.2 Å². The second kappa shape index (κ2) is 6.67. The molecular formula is C12H15NO2S2. The molecule has 0 spiro atoms. The Labute approximate surface area is 107 Å². The fourth-order valence-corrected chi connectivity index (χ4v) is 3.90. The Morgan fingerprint density at radius 1 is 1.24 bits per heavy atom. The van der Waals surface area contributed by atoms with Crippen LogP contribution in [0.4, 0.5) is 0 Å². The molecule has 17 heavy (non-hydrogen) atoms. The van der Waals surface area contributed by atoms with Crippen molar-refractivity contribution >= 4 is 21.6 Å². The lowest BCUT2D eigenvalue weighted by molar-refractivity contribution is 0.597. The Morgan fingerprint density at radius 2 is 1.88 bits per heavy atom. The van der Waals surface area contributed by atoms with Crippen molar-refractivity contribution in [3.05, 3.63) is 29.8 Å². The average molecular weight is 269 g/mol. The second-order valence-electron chi connectivity index (χ2n) is 3.57. The van der Waals surface area contributed by atoms with Crippen molar-refractivity contribution < 1.29 is 8.42 Å². The van der Waals surface area contributed by atoms with Gasteiger partial charge < -0.3 is 0 Å². The second-order valence-corrected chi connectivity index (χ2v) is 6.90. The lowest BCUT2D eigenvalue weighted by atomic mass is 10.2. The van der Waals surface area contributed by atoms with Crippen LogP contribution in [0.3, 0.4) is 0 Å². The molecule has 0 aliphatic carbocycles. The zero-order valence-corrected chi connectivity index (χ0v) is 11.4. The van der Waals surface area contributed by atoms with Crippen LogP contribution in [0.1, 0.15) is 18.9 Å². The van der Waals surface area contributed by atoms with Gasteiger partial charge in [-0.3, -0.25) is 0 Å². The van der Waals surface area contributed by atoms with Crippen LogP contribution >= 0.6 is 11.8 Å². The van der Waals surface area contributed by atoms with E-state index in [1.165, 1.54) is 24.3 Å². The predicted octanol–water partition coefficient (Wildman–Crippen LogP) is 2.48. The standard InChI is InChI=1S/C12H15NO2S2/c1-2-7-16-8-9-17(14,15)12-5-3-11(10-13)4-6-12/h3-6H,2,7-9H2,1H3. The zero-order valence-electron chi connectivity index (χ0n) is 9.72. The van der Waals surface area contributed by atoms with Gasteiger partial charge in [0.15, 0.2) is 9.84 Å². The maximum absolute atomic E-state index is 11.9. The summed E-state index contributed by atoms with van der Waals surface area (Å²) >= 11 is 1.65. The molecule has 92 valence electrons. The number of nitriles is 1. The first-order chi connectivity index (χ1) is 8.10. The number of thioether (sulfide) groups is 1. The lowest BCUT2D eigenvalue weighted by Gasteiger charge is -2.04. The first kappa shape index (κ1) is 14.1. The number of hydrogen-bond donors (Lipinski definition) is 0. The minimum atomic E-state index is -3.20. The molecule has 3 nitrogen and oxygen atoms in total. The Balaban J connectivity index is 2.66. The molecule has 1 rings (SSSR count). The van der Waals surface area contributed by atoms with Gasteiger partial charge in [-0.25, -0.2) is 8.42 Å². The van der Waals surface area contributed by atoms with Gasteiger partial charge in [0, 0.05) is 5.75 Å². The third-order valence-corrected chi connectivity index (χ3v) is 5.37. The molecule has 0 fully saturated rings. The van der Waals surface area contributed by atoms with Crippen LogP contribution in [0.5, 0.6) is 0 Å². The normalized spacial score (nSPS) is 11.1. The average Bonchev–Trinajstić information content (AvgIpc) is 2.35. The van der Waals surface area contributed by atoms with Crippen LogP contribution < -0.4 is 0 Å². The molecule has 5 heteroatoms. The molecule has 0 amide bonds. The van der Waals surface area contributed by atoms with Crippen LogP contribution in [0, 0.1) is 11.3 Å². The van der Waals surface area contributed by atoms with Crippen LogP contribution in [-0.2, 0) is 9.84 Å². The highest BCUT2D eigenvalue weighted by Gasteiger charge is 2.13. The van der Waals surface area contributed by atoms with E-state index in [9.17, 15) is 8.42 Å². The Morgan fingerprint density at radius 3 is 2.41 bits per heavy atom.